The van der Waals surface area contributed by atoms with E-state index in [1.54, 1.807) is 12.1 Å². The Labute approximate surface area is 166 Å². The van der Waals surface area contributed by atoms with Crippen molar-refractivity contribution in [2.24, 2.45) is 0 Å². The second-order valence-corrected chi connectivity index (χ2v) is 9.09. The minimum absolute atomic E-state index is 0.380. The Morgan fingerprint density at radius 2 is 2.08 bits per heavy atom. The lowest BCUT2D eigenvalue weighted by molar-refractivity contribution is -0.706. The number of methoxy groups -OCH3 is 1. The lowest BCUT2D eigenvalue weighted by Gasteiger charge is -2.19. The van der Waals surface area contributed by atoms with Gasteiger partial charge < -0.3 is 14.5 Å². The summed E-state index contributed by atoms with van der Waals surface area (Å²) in [5.74, 6) is 0.569. The quantitative estimate of drug-likeness (QED) is 0.260. The van der Waals surface area contributed by atoms with E-state index >= 15 is 0 Å². The van der Waals surface area contributed by atoms with Crippen LogP contribution in [0, 0.1) is 0 Å². The monoisotopic (exact) mass is 466 g/mol. The highest BCUT2D eigenvalue weighted by Gasteiger charge is 2.17. The Bertz CT molecular complexity index is 914. The van der Waals surface area contributed by atoms with Crippen molar-refractivity contribution < 1.29 is 17.0 Å². The van der Waals surface area contributed by atoms with Gasteiger partial charge in [0, 0.05) is 35.8 Å². The maximum atomic E-state index is 12.5. The first-order chi connectivity index (χ1) is 12.4. The number of nitrogens with zero attached hydrogens (tertiary/aromatic N) is 2. The second-order valence-electron chi connectivity index (χ2n) is 6.48. The van der Waals surface area contributed by atoms with Crippen LogP contribution in [-0.4, -0.2) is 46.4 Å². The summed E-state index contributed by atoms with van der Waals surface area (Å²) in [4.78, 5) is 19.8. The van der Waals surface area contributed by atoms with Crippen molar-refractivity contribution in [3.05, 3.63) is 53.9 Å². The summed E-state index contributed by atoms with van der Waals surface area (Å²) in [6.45, 7) is 0.970. The molecule has 0 aliphatic rings. The summed E-state index contributed by atoms with van der Waals surface area (Å²) < 4.78 is 11.5. The fraction of sp³-hybridized carbons (Fsp3) is 0.263. The molecule has 3 rings (SSSR count). The van der Waals surface area contributed by atoms with E-state index in [-0.39, 0.29) is 0 Å². The molecular formula is C19H21IN3O3+. The Morgan fingerprint density at radius 1 is 1.27 bits per heavy atom. The zero-order valence-corrected chi connectivity index (χ0v) is 17.1. The van der Waals surface area contributed by atoms with E-state index in [9.17, 15) is 4.79 Å². The number of aromatic nitrogens is 2. The van der Waals surface area contributed by atoms with Crippen molar-refractivity contribution >= 4 is 39.7 Å². The molecule has 2 heterocycles. The number of hydrogen-bond acceptors (Lipinski definition) is 4. The van der Waals surface area contributed by atoms with Gasteiger partial charge in [-0.3, -0.25) is 2.70 Å². The van der Waals surface area contributed by atoms with Crippen LogP contribution in [0.25, 0.3) is 10.9 Å². The number of likely N-dealkylation sites (N-methyl/N-ethyl adjacent to an activating group) is 1. The van der Waals surface area contributed by atoms with Crippen molar-refractivity contribution in [1.29, 1.82) is 0 Å². The van der Waals surface area contributed by atoms with E-state index in [1.807, 2.05) is 24.4 Å². The molecule has 0 aliphatic heterocycles. The third-order valence-corrected chi connectivity index (χ3v) is 4.53. The number of aromatic amines is 1. The Morgan fingerprint density at radius 3 is 2.73 bits per heavy atom. The van der Waals surface area contributed by atoms with Gasteiger partial charge in [-0.15, -0.1) is 0 Å². The lowest BCUT2D eigenvalue weighted by atomic mass is 10.1. The number of benzene rings is 1. The molecule has 0 saturated carbocycles. The smallest absolute Gasteiger partial charge is 0.345 e. The van der Waals surface area contributed by atoms with Crippen LogP contribution in [0.2, 0.25) is 0 Å². The van der Waals surface area contributed by atoms with Gasteiger partial charge >= 0.3 is 5.97 Å². The minimum atomic E-state index is -0.440. The number of nitrogens with one attached hydrogen (secondary N) is 1. The van der Waals surface area contributed by atoms with Crippen LogP contribution in [0.1, 0.15) is 15.9 Å². The average Bonchev–Trinajstić information content (AvgIpc) is 3.04. The molecule has 3 aromatic rings. The molecule has 0 atom stereocenters. The normalized spacial score (nSPS) is 11.5. The average molecular weight is 466 g/mol. The molecule has 6 nitrogen and oxygen atoms in total. The van der Waals surface area contributed by atoms with Crippen LogP contribution in [0.15, 0.2) is 42.7 Å². The molecule has 0 amide bonds. The van der Waals surface area contributed by atoms with Crippen LogP contribution in [0.4, 0.5) is 0 Å². The number of hydrogen-bond donors (Lipinski definition) is 1. The fourth-order valence-electron chi connectivity index (χ4n) is 2.67. The van der Waals surface area contributed by atoms with Crippen molar-refractivity contribution in [1.82, 2.24) is 9.97 Å². The molecule has 0 radical (unpaired) electrons. The molecule has 136 valence electrons. The number of quaternary nitrogens is 1. The Balaban J connectivity index is 1.86. The number of H-pyrrole nitrogens is 1. The van der Waals surface area contributed by atoms with Gasteiger partial charge in [0.1, 0.15) is 5.75 Å². The van der Waals surface area contributed by atoms with Gasteiger partial charge in [0.2, 0.25) is 28.7 Å². The van der Waals surface area contributed by atoms with E-state index in [2.05, 4.69) is 46.9 Å². The van der Waals surface area contributed by atoms with Gasteiger partial charge in [-0.1, -0.05) is 6.07 Å². The van der Waals surface area contributed by atoms with Gasteiger partial charge in [0.05, 0.1) is 33.3 Å². The summed E-state index contributed by atoms with van der Waals surface area (Å²) in [7, 11) is 5.82. The number of ether oxygens (including phenoxy) is 2. The van der Waals surface area contributed by atoms with Crippen LogP contribution < -0.4 is 9.47 Å². The largest absolute Gasteiger partial charge is 0.481 e. The highest BCUT2D eigenvalue weighted by molar-refractivity contribution is 14.1. The van der Waals surface area contributed by atoms with Gasteiger partial charge in [0.25, 0.3) is 0 Å². The number of rotatable bonds is 6. The highest BCUT2D eigenvalue weighted by atomic mass is 127. The van der Waals surface area contributed by atoms with E-state index in [4.69, 9.17) is 9.47 Å². The van der Waals surface area contributed by atoms with Gasteiger partial charge in [-0.2, -0.15) is 0 Å². The first-order valence-corrected chi connectivity index (χ1v) is 9.18. The number of esters is 1. The molecule has 0 bridgehead atoms. The molecule has 0 unspecified atom stereocenters. The zero-order chi connectivity index (χ0) is 18.7. The van der Waals surface area contributed by atoms with Crippen LogP contribution in [0.3, 0.4) is 0 Å². The van der Waals surface area contributed by atoms with Crippen molar-refractivity contribution in [3.8, 4) is 11.6 Å². The zero-order valence-electron chi connectivity index (χ0n) is 15.0. The molecule has 1 N–H and O–H groups in total. The van der Waals surface area contributed by atoms with Gasteiger partial charge in [0.15, 0.2) is 0 Å². The second kappa shape index (κ2) is 7.63. The number of carbonyl (C=O) groups excluding carboxylic acids is 1. The number of halogens is 1. The molecule has 0 fully saturated rings. The van der Waals surface area contributed by atoms with E-state index < -0.39 is 5.97 Å². The van der Waals surface area contributed by atoms with E-state index in [0.29, 0.717) is 17.2 Å². The summed E-state index contributed by atoms with van der Waals surface area (Å²) in [5, 5.41) is 0.951. The van der Waals surface area contributed by atoms with Crippen molar-refractivity contribution in [2.45, 2.75) is 6.42 Å². The first kappa shape index (κ1) is 18.7. The summed E-state index contributed by atoms with van der Waals surface area (Å²) >= 11 is 2.39. The summed E-state index contributed by atoms with van der Waals surface area (Å²) in [6, 6.07) is 8.95. The summed E-state index contributed by atoms with van der Waals surface area (Å²) in [6.07, 6.45) is 4.33. The van der Waals surface area contributed by atoms with Crippen LogP contribution >= 0.6 is 22.9 Å². The molecule has 0 spiro atoms. The molecule has 26 heavy (non-hydrogen) atoms. The standard InChI is InChI=1S/C19H21IN3O3/c1-23(2,20)10-9-13-11-21-15-5-4-6-16(18(13)15)26-19(24)14-7-8-17(25-3)22-12-14/h4-8,11-12,21H,9-10H2,1-3H3/q+1. The fourth-order valence-corrected chi connectivity index (χ4v) is 2.91. The van der Waals surface area contributed by atoms with E-state index in [1.165, 1.54) is 13.3 Å². The lowest BCUT2D eigenvalue weighted by Crippen LogP contribution is -2.29. The predicted molar refractivity (Wildman–Crippen MR) is 109 cm³/mol. The molecule has 0 aliphatic carbocycles. The third kappa shape index (κ3) is 4.34. The van der Waals surface area contributed by atoms with Crippen molar-refractivity contribution in [3.63, 3.8) is 0 Å². The Kier molecular flexibility index (Phi) is 5.47. The van der Waals surface area contributed by atoms with Crippen LogP contribution in [-0.2, 0) is 6.42 Å². The predicted octanol–water partition coefficient (Wildman–Crippen LogP) is 3.76. The number of fused-ring (bicyclic) bond motifs is 1. The van der Waals surface area contributed by atoms with Gasteiger partial charge in [-0.25, -0.2) is 9.78 Å². The van der Waals surface area contributed by atoms with Gasteiger partial charge in [-0.05, 0) is 23.8 Å². The highest BCUT2D eigenvalue weighted by Crippen LogP contribution is 2.30. The minimum Gasteiger partial charge on any atom is -0.481 e. The molecule has 1 aromatic carbocycles. The maximum absolute atomic E-state index is 12.5. The van der Waals surface area contributed by atoms with Crippen LogP contribution in [0.5, 0.6) is 11.6 Å². The summed E-state index contributed by atoms with van der Waals surface area (Å²) in [5.41, 5.74) is 2.47. The molecule has 7 heteroatoms. The molecule has 0 saturated heterocycles. The van der Waals surface area contributed by atoms with E-state index in [0.717, 1.165) is 32.1 Å². The SMILES string of the molecule is COc1ccc(C(=O)Oc2cccc3[nH]cc(CC[N+](C)(C)I)c23)cn1. The molecule has 2 aromatic heterocycles. The first-order valence-electron chi connectivity index (χ1n) is 8.21. The third-order valence-electron chi connectivity index (χ3n) is 4.05. The maximum Gasteiger partial charge on any atom is 0.345 e. The topological polar surface area (TPSA) is 64.2 Å². The number of carbonyl (C=O) groups is 1. The van der Waals surface area contributed by atoms with Crippen molar-refractivity contribution in [2.75, 3.05) is 27.7 Å². The number of pyridine rings is 1. The molecular weight excluding hydrogens is 445 g/mol. The Hall–Kier alpha value is -2.13.